The molecule has 13 heavy (non-hydrogen) atoms. The molecule has 2 heterocycles. The van der Waals surface area contributed by atoms with Gasteiger partial charge in [-0.1, -0.05) is 0 Å². The van der Waals surface area contributed by atoms with E-state index in [0.29, 0.717) is 26.3 Å². The molecule has 0 aromatic rings. The van der Waals surface area contributed by atoms with Gasteiger partial charge < -0.3 is 20.5 Å². The van der Waals surface area contributed by atoms with E-state index in [0.717, 1.165) is 0 Å². The lowest BCUT2D eigenvalue weighted by atomic mass is 10.0. The molecule has 1 amide bonds. The molecule has 0 aliphatic carbocycles. The Morgan fingerprint density at radius 2 is 2.15 bits per heavy atom. The van der Waals surface area contributed by atoms with Crippen LogP contribution in [-0.4, -0.2) is 54.4 Å². The van der Waals surface area contributed by atoms with Crippen LogP contribution >= 0.6 is 0 Å². The number of likely N-dealkylation sites (tertiary alicyclic amines) is 1. The maximum atomic E-state index is 11.6. The van der Waals surface area contributed by atoms with Crippen molar-refractivity contribution in [3.8, 4) is 0 Å². The van der Waals surface area contributed by atoms with E-state index in [1.54, 1.807) is 4.90 Å². The second kappa shape index (κ2) is 3.25. The van der Waals surface area contributed by atoms with Gasteiger partial charge in [0.15, 0.2) is 0 Å². The van der Waals surface area contributed by atoms with E-state index < -0.39 is 0 Å². The van der Waals surface area contributed by atoms with Gasteiger partial charge in [-0.25, -0.2) is 0 Å². The third kappa shape index (κ3) is 1.54. The van der Waals surface area contributed by atoms with E-state index >= 15 is 0 Å². The smallest absolute Gasteiger partial charge is 0.229 e. The molecule has 0 aromatic carbocycles. The largest absolute Gasteiger partial charge is 0.389 e. The summed E-state index contributed by atoms with van der Waals surface area (Å²) < 4.78 is 5.10. The summed E-state index contributed by atoms with van der Waals surface area (Å²) in [5, 5.41) is 9.02. The van der Waals surface area contributed by atoms with Crippen LogP contribution in [0.3, 0.4) is 0 Å². The van der Waals surface area contributed by atoms with Crippen LogP contribution in [0.15, 0.2) is 0 Å². The number of nitrogens with two attached hydrogens (primary N) is 1. The van der Waals surface area contributed by atoms with Crippen LogP contribution < -0.4 is 5.73 Å². The predicted molar refractivity (Wildman–Crippen MR) is 44.9 cm³/mol. The lowest BCUT2D eigenvalue weighted by Gasteiger charge is -2.37. The minimum atomic E-state index is -0.345. The number of aliphatic hydroxyl groups is 1. The minimum Gasteiger partial charge on any atom is -0.389 e. The second-order valence-corrected chi connectivity index (χ2v) is 3.70. The Hall–Kier alpha value is -0.650. The topological polar surface area (TPSA) is 75.8 Å². The maximum Gasteiger partial charge on any atom is 0.229 e. The zero-order chi connectivity index (χ0) is 9.42. The summed E-state index contributed by atoms with van der Waals surface area (Å²) in [6, 6.07) is -0.176. The molecule has 5 nitrogen and oxygen atoms in total. The van der Waals surface area contributed by atoms with Crippen LogP contribution in [0.25, 0.3) is 0 Å². The molecule has 2 aliphatic rings. The standard InChI is InChI=1S/C8H14N2O3/c9-7-4-13-3-6(7)8(12)10-1-5(11)2-10/h5-7,11H,1-4,9H2. The Balaban J connectivity index is 1.89. The van der Waals surface area contributed by atoms with Crippen LogP contribution in [0.2, 0.25) is 0 Å². The quantitative estimate of drug-likeness (QED) is 0.504. The molecule has 2 saturated heterocycles. The van der Waals surface area contributed by atoms with Gasteiger partial charge in [-0.3, -0.25) is 4.79 Å². The summed E-state index contributed by atoms with van der Waals surface area (Å²) >= 11 is 0. The lowest BCUT2D eigenvalue weighted by Crippen LogP contribution is -2.57. The maximum absolute atomic E-state index is 11.6. The number of carbonyl (C=O) groups excluding carboxylic acids is 1. The average Bonchev–Trinajstić information content (AvgIpc) is 2.44. The third-order valence-electron chi connectivity index (χ3n) is 2.62. The fourth-order valence-corrected chi connectivity index (χ4v) is 1.70. The number of hydrogen-bond acceptors (Lipinski definition) is 4. The van der Waals surface area contributed by atoms with Crippen molar-refractivity contribution in [3.05, 3.63) is 0 Å². The van der Waals surface area contributed by atoms with Gasteiger partial charge in [0.2, 0.25) is 5.91 Å². The predicted octanol–water partition coefficient (Wildman–Crippen LogP) is -1.84. The lowest BCUT2D eigenvalue weighted by molar-refractivity contribution is -0.146. The molecule has 0 saturated carbocycles. The number of rotatable bonds is 1. The Morgan fingerprint density at radius 1 is 1.46 bits per heavy atom. The van der Waals surface area contributed by atoms with E-state index in [-0.39, 0.29) is 24.0 Å². The molecule has 2 aliphatic heterocycles. The van der Waals surface area contributed by atoms with E-state index in [2.05, 4.69) is 0 Å². The van der Waals surface area contributed by atoms with Crippen molar-refractivity contribution in [1.82, 2.24) is 4.90 Å². The van der Waals surface area contributed by atoms with Gasteiger partial charge in [-0.15, -0.1) is 0 Å². The summed E-state index contributed by atoms with van der Waals surface area (Å²) in [7, 11) is 0. The second-order valence-electron chi connectivity index (χ2n) is 3.70. The highest BCUT2D eigenvalue weighted by Gasteiger charge is 2.38. The van der Waals surface area contributed by atoms with Crippen molar-refractivity contribution in [1.29, 1.82) is 0 Å². The van der Waals surface area contributed by atoms with Gasteiger partial charge in [0, 0.05) is 19.1 Å². The molecule has 2 rings (SSSR count). The fourth-order valence-electron chi connectivity index (χ4n) is 1.70. The highest BCUT2D eigenvalue weighted by molar-refractivity contribution is 5.80. The highest BCUT2D eigenvalue weighted by atomic mass is 16.5. The summed E-state index contributed by atoms with van der Waals surface area (Å²) in [6.07, 6.45) is -0.345. The molecule has 3 N–H and O–H groups in total. The van der Waals surface area contributed by atoms with Crippen LogP contribution in [0, 0.1) is 5.92 Å². The first-order valence-corrected chi connectivity index (χ1v) is 4.48. The van der Waals surface area contributed by atoms with Crippen LogP contribution in [-0.2, 0) is 9.53 Å². The molecule has 2 atom stereocenters. The molecule has 74 valence electrons. The van der Waals surface area contributed by atoms with E-state index in [1.807, 2.05) is 0 Å². The van der Waals surface area contributed by atoms with E-state index in [4.69, 9.17) is 15.6 Å². The van der Waals surface area contributed by atoms with Crippen LogP contribution in [0.5, 0.6) is 0 Å². The van der Waals surface area contributed by atoms with Gasteiger partial charge in [-0.2, -0.15) is 0 Å². The fraction of sp³-hybridized carbons (Fsp3) is 0.875. The minimum absolute atomic E-state index is 0.0234. The van der Waals surface area contributed by atoms with Crippen molar-refractivity contribution >= 4 is 5.91 Å². The molecule has 2 unspecified atom stereocenters. The van der Waals surface area contributed by atoms with Crippen molar-refractivity contribution in [2.24, 2.45) is 11.7 Å². The number of aliphatic hydroxyl groups excluding tert-OH is 1. The monoisotopic (exact) mass is 186 g/mol. The van der Waals surface area contributed by atoms with Gasteiger partial charge >= 0.3 is 0 Å². The zero-order valence-electron chi connectivity index (χ0n) is 7.35. The van der Waals surface area contributed by atoms with Crippen LogP contribution in [0.4, 0.5) is 0 Å². The molecule has 0 aromatic heterocycles. The van der Waals surface area contributed by atoms with E-state index in [1.165, 1.54) is 0 Å². The Morgan fingerprint density at radius 3 is 2.62 bits per heavy atom. The number of nitrogens with zero attached hydrogens (tertiary/aromatic N) is 1. The molecule has 0 spiro atoms. The number of hydrogen-bond donors (Lipinski definition) is 2. The molecule has 0 bridgehead atoms. The van der Waals surface area contributed by atoms with Crippen molar-refractivity contribution in [2.45, 2.75) is 12.1 Å². The van der Waals surface area contributed by atoms with Gasteiger partial charge in [-0.05, 0) is 0 Å². The Labute approximate surface area is 76.5 Å². The molecule has 0 radical (unpaired) electrons. The highest BCUT2D eigenvalue weighted by Crippen LogP contribution is 2.18. The third-order valence-corrected chi connectivity index (χ3v) is 2.62. The first-order valence-electron chi connectivity index (χ1n) is 4.48. The summed E-state index contributed by atoms with van der Waals surface area (Å²) in [5.74, 6) is -0.178. The Kier molecular flexibility index (Phi) is 2.23. The SMILES string of the molecule is NC1COCC1C(=O)N1CC(O)C1. The van der Waals surface area contributed by atoms with Gasteiger partial charge in [0.05, 0.1) is 25.2 Å². The van der Waals surface area contributed by atoms with E-state index in [9.17, 15) is 4.79 Å². The average molecular weight is 186 g/mol. The summed E-state index contributed by atoms with van der Waals surface area (Å²) in [4.78, 5) is 13.3. The number of β-amino-alcohol motifs (C(OH)–C–C–N with tert-alkyl or cyclic N) is 1. The summed E-state index contributed by atoms with van der Waals surface area (Å²) in [5.41, 5.74) is 5.70. The van der Waals surface area contributed by atoms with Crippen molar-refractivity contribution in [3.63, 3.8) is 0 Å². The van der Waals surface area contributed by atoms with Crippen molar-refractivity contribution in [2.75, 3.05) is 26.3 Å². The van der Waals surface area contributed by atoms with Gasteiger partial charge in [0.25, 0.3) is 0 Å². The molecular formula is C8H14N2O3. The number of ether oxygens (including phenoxy) is 1. The number of amides is 1. The Bertz CT molecular complexity index is 215. The summed E-state index contributed by atoms with van der Waals surface area (Å²) in [6.45, 7) is 1.78. The van der Waals surface area contributed by atoms with Gasteiger partial charge in [0.1, 0.15) is 0 Å². The number of carbonyl (C=O) groups is 1. The first-order chi connectivity index (χ1) is 6.18. The zero-order valence-corrected chi connectivity index (χ0v) is 7.35. The molecule has 2 fully saturated rings. The molecular weight excluding hydrogens is 172 g/mol. The molecule has 5 heteroatoms. The normalized spacial score (nSPS) is 34.8. The first kappa shape index (κ1) is 8.93. The van der Waals surface area contributed by atoms with Crippen molar-refractivity contribution < 1.29 is 14.6 Å². The van der Waals surface area contributed by atoms with Crippen LogP contribution in [0.1, 0.15) is 0 Å².